The van der Waals surface area contributed by atoms with Crippen molar-refractivity contribution in [3.8, 4) is 39.1 Å². The third kappa shape index (κ3) is 4.66. The summed E-state index contributed by atoms with van der Waals surface area (Å²) in [6.45, 7) is 0. The van der Waals surface area contributed by atoms with E-state index in [1.54, 1.807) is 0 Å². The molecule has 0 amide bonds. The Morgan fingerprint density at radius 3 is 1.85 bits per heavy atom. The minimum atomic E-state index is 0.0315. The molecule has 0 atom stereocenters. The molecule has 4 heteroatoms. The Labute approximate surface area is 342 Å². The molecule has 59 heavy (non-hydrogen) atoms. The van der Waals surface area contributed by atoms with Gasteiger partial charge >= 0.3 is 0 Å². The molecular weight excluding hydrogens is 737 g/mol. The van der Waals surface area contributed by atoms with Crippen molar-refractivity contribution >= 4 is 91.3 Å². The summed E-state index contributed by atoms with van der Waals surface area (Å²) in [5, 5.41) is 10.0. The first-order chi connectivity index (χ1) is 29.2. The van der Waals surface area contributed by atoms with Gasteiger partial charge in [0.05, 0.1) is 22.1 Å². The number of rotatable bonds is 4. The van der Waals surface area contributed by atoms with Crippen molar-refractivity contribution in [2.45, 2.75) is 0 Å². The maximum Gasteiger partial charge on any atom is 0.263 e. The Morgan fingerprint density at radius 1 is 0.356 bits per heavy atom. The average molecular weight is 769 g/mol. The minimum absolute atomic E-state index is 0.0315. The normalized spacial score (nSPS) is 12.1. The lowest BCUT2D eigenvalue weighted by Gasteiger charge is -2.10. The van der Waals surface area contributed by atoms with E-state index in [0.717, 1.165) is 49.2 Å². The first-order valence-electron chi connectivity index (χ1n) is 20.0. The molecule has 9 aromatic carbocycles. The fourth-order valence-corrected chi connectivity index (χ4v) is 10.9. The van der Waals surface area contributed by atoms with Crippen molar-refractivity contribution in [3.63, 3.8) is 0 Å². The van der Waals surface area contributed by atoms with Gasteiger partial charge in [0, 0.05) is 58.2 Å². The lowest BCUT2D eigenvalue weighted by molar-refractivity contribution is 1.19. The summed E-state index contributed by atoms with van der Waals surface area (Å²) in [5.41, 5.74) is 12.7. The van der Waals surface area contributed by atoms with Crippen molar-refractivity contribution < 1.29 is 0 Å². The number of benzene rings is 9. The fraction of sp³-hybridized carbons (Fsp3) is 0. The van der Waals surface area contributed by atoms with Gasteiger partial charge in [-0.1, -0.05) is 127 Å². The topological polar surface area (TPSA) is 26.4 Å². The molecule has 13 aromatic rings. The van der Waals surface area contributed by atoms with Gasteiger partial charge in [-0.15, -0.1) is 11.3 Å². The number of thiophene rings is 1. The predicted octanol–water partition coefficient (Wildman–Crippen LogP) is 14.7. The van der Waals surface area contributed by atoms with Crippen molar-refractivity contribution in [2.75, 3.05) is 0 Å². The smallest absolute Gasteiger partial charge is 0.263 e. The second-order valence-corrected chi connectivity index (χ2v) is 16.7. The van der Waals surface area contributed by atoms with Crippen LogP contribution in [0.4, 0.5) is 0 Å². The average Bonchev–Trinajstić information content (AvgIpc) is 3.96. The van der Waals surface area contributed by atoms with Gasteiger partial charge in [-0.3, -0.25) is 9.20 Å². The maximum atomic E-state index is 14.0. The minimum Gasteiger partial charge on any atom is -0.309 e. The summed E-state index contributed by atoms with van der Waals surface area (Å²) in [4.78, 5) is 14.0. The van der Waals surface area contributed by atoms with Crippen LogP contribution in [-0.4, -0.2) is 8.97 Å². The third-order valence-corrected chi connectivity index (χ3v) is 13.6. The van der Waals surface area contributed by atoms with Crippen molar-refractivity contribution in [2.24, 2.45) is 0 Å². The number of pyridine rings is 1. The van der Waals surface area contributed by atoms with E-state index < -0.39 is 0 Å². The zero-order chi connectivity index (χ0) is 38.8. The van der Waals surface area contributed by atoms with E-state index in [9.17, 15) is 4.79 Å². The molecule has 0 radical (unpaired) electrons. The van der Waals surface area contributed by atoms with Crippen molar-refractivity contribution in [3.05, 3.63) is 204 Å². The molecule has 0 aliphatic rings. The molecule has 0 saturated carbocycles. The van der Waals surface area contributed by atoms with E-state index in [1.165, 1.54) is 69.8 Å². The van der Waals surface area contributed by atoms with Crippen molar-refractivity contribution in [1.82, 2.24) is 8.97 Å². The number of nitrogens with zero attached hydrogens (tertiary/aromatic N) is 2. The highest BCUT2D eigenvalue weighted by molar-refractivity contribution is 7.26. The highest BCUT2D eigenvalue weighted by Gasteiger charge is 2.20. The van der Waals surface area contributed by atoms with E-state index >= 15 is 0 Å². The maximum absolute atomic E-state index is 14.0. The molecule has 4 heterocycles. The summed E-state index contributed by atoms with van der Waals surface area (Å²) >= 11 is 1.84. The van der Waals surface area contributed by atoms with Crippen LogP contribution in [0.25, 0.3) is 119 Å². The Morgan fingerprint density at radius 2 is 0.966 bits per heavy atom. The fourth-order valence-electron chi connectivity index (χ4n) is 9.82. The number of aromatic nitrogens is 2. The van der Waals surface area contributed by atoms with Crippen LogP contribution in [0.15, 0.2) is 199 Å². The monoisotopic (exact) mass is 768 g/mol. The zero-order valence-electron chi connectivity index (χ0n) is 31.7. The number of fused-ring (bicyclic) bond motifs is 11. The van der Waals surface area contributed by atoms with Gasteiger partial charge in [-0.2, -0.15) is 0 Å². The van der Waals surface area contributed by atoms with Crippen LogP contribution in [0.5, 0.6) is 0 Å². The summed E-state index contributed by atoms with van der Waals surface area (Å²) in [5.74, 6) is 0. The first kappa shape index (κ1) is 32.5. The first-order valence-corrected chi connectivity index (χ1v) is 20.9. The van der Waals surface area contributed by atoms with Gasteiger partial charge in [-0.05, 0) is 105 Å². The van der Waals surface area contributed by atoms with Gasteiger partial charge in [0.1, 0.15) is 0 Å². The second kappa shape index (κ2) is 12.2. The summed E-state index contributed by atoms with van der Waals surface area (Å²) < 4.78 is 6.87. The molecule has 13 rings (SSSR count). The molecule has 274 valence electrons. The van der Waals surface area contributed by atoms with Gasteiger partial charge < -0.3 is 4.57 Å². The quantitative estimate of drug-likeness (QED) is 0.164. The molecule has 0 aliphatic carbocycles. The molecule has 0 N–H and O–H groups in total. The Hall–Kier alpha value is -7.53. The highest BCUT2D eigenvalue weighted by atomic mass is 32.1. The van der Waals surface area contributed by atoms with Gasteiger partial charge in [0.2, 0.25) is 0 Å². The van der Waals surface area contributed by atoms with E-state index in [2.05, 4.69) is 180 Å². The Bertz CT molecular complexity index is 3930. The van der Waals surface area contributed by atoms with Crippen LogP contribution in [0, 0.1) is 0 Å². The van der Waals surface area contributed by atoms with Gasteiger partial charge in [0.15, 0.2) is 0 Å². The Kier molecular flexibility index (Phi) is 6.75. The van der Waals surface area contributed by atoms with Crippen LogP contribution in [0.2, 0.25) is 0 Å². The molecular formula is C55H32N2OS. The van der Waals surface area contributed by atoms with Gasteiger partial charge in [0.25, 0.3) is 5.56 Å². The molecule has 0 fully saturated rings. The molecule has 0 aliphatic heterocycles. The predicted molar refractivity (Wildman–Crippen MR) is 251 cm³/mol. The number of hydrogen-bond donors (Lipinski definition) is 0. The van der Waals surface area contributed by atoms with Crippen LogP contribution in [-0.2, 0) is 0 Å². The standard InChI is InChI=1S/C55H32N2OS/c58-55-44-17-5-4-15-40(44)42-19-9-20-43-46-31-37(24-27-50(46)57(55)54(42)43)39-18-10-22-52-53(39)47-32-38(25-28-51(47)59-52)56-48-21-7-6-16-41(48)45-30-36(23-26-49(45)56)35-14-8-13-34(29-35)33-11-2-1-3-12-33/h1-32H. The number of hydrogen-bond acceptors (Lipinski definition) is 2. The summed E-state index contributed by atoms with van der Waals surface area (Å²) in [6.07, 6.45) is 0. The van der Waals surface area contributed by atoms with Crippen LogP contribution >= 0.6 is 11.3 Å². The second-order valence-electron chi connectivity index (χ2n) is 15.6. The largest absolute Gasteiger partial charge is 0.309 e. The Balaban J connectivity index is 0.990. The van der Waals surface area contributed by atoms with E-state index in [0.29, 0.717) is 0 Å². The molecule has 0 spiro atoms. The van der Waals surface area contributed by atoms with E-state index in [-0.39, 0.29) is 5.56 Å². The molecule has 3 nitrogen and oxygen atoms in total. The highest BCUT2D eigenvalue weighted by Crippen LogP contribution is 2.44. The van der Waals surface area contributed by atoms with Crippen LogP contribution < -0.4 is 5.56 Å². The molecule has 0 unspecified atom stereocenters. The summed E-state index contributed by atoms with van der Waals surface area (Å²) in [7, 11) is 0. The van der Waals surface area contributed by atoms with Crippen LogP contribution in [0.1, 0.15) is 0 Å². The van der Waals surface area contributed by atoms with Crippen LogP contribution in [0.3, 0.4) is 0 Å². The lowest BCUT2D eigenvalue weighted by atomic mass is 9.97. The lowest BCUT2D eigenvalue weighted by Crippen LogP contribution is -2.12. The van der Waals surface area contributed by atoms with E-state index in [1.807, 2.05) is 33.9 Å². The molecule has 4 aromatic heterocycles. The van der Waals surface area contributed by atoms with Gasteiger partial charge in [-0.25, -0.2) is 0 Å². The number of para-hydroxylation sites is 2. The third-order valence-electron chi connectivity index (χ3n) is 12.5. The summed E-state index contributed by atoms with van der Waals surface area (Å²) in [6, 6.07) is 69.8. The zero-order valence-corrected chi connectivity index (χ0v) is 32.5. The molecule has 0 bridgehead atoms. The SMILES string of the molecule is O=c1c2ccccc2c2cccc3c4cc(-c5cccc6sc7ccc(-n8c9ccccc9c9cc(-c%10cccc(-c%11ccccc%11)c%10)ccc98)cc7c56)ccc4n1c23. The molecule has 0 saturated heterocycles. The van der Waals surface area contributed by atoms with Crippen molar-refractivity contribution in [1.29, 1.82) is 0 Å². The van der Waals surface area contributed by atoms with E-state index in [4.69, 9.17) is 0 Å².